The molecule has 358 valence electrons. The Balaban J connectivity index is 4.21. The molecule has 0 saturated carbocycles. The van der Waals surface area contributed by atoms with E-state index >= 15 is 0 Å². The van der Waals surface area contributed by atoms with Gasteiger partial charge >= 0.3 is 11.9 Å². The lowest BCUT2D eigenvalue weighted by molar-refractivity contribution is -0.144. The highest BCUT2D eigenvalue weighted by molar-refractivity contribution is 5.69. The van der Waals surface area contributed by atoms with Gasteiger partial charge in [-0.2, -0.15) is 0 Å². The van der Waals surface area contributed by atoms with Crippen molar-refractivity contribution < 1.29 is 19.1 Å². The van der Waals surface area contributed by atoms with Crippen LogP contribution in [0.5, 0.6) is 0 Å². The molecule has 0 aromatic carbocycles. The summed E-state index contributed by atoms with van der Waals surface area (Å²) in [5.74, 6) is 6.08. The summed E-state index contributed by atoms with van der Waals surface area (Å²) in [7, 11) is 4.24. The summed E-state index contributed by atoms with van der Waals surface area (Å²) in [5.41, 5.74) is 0. The number of hydrogen-bond acceptors (Lipinski definition) is 6. The van der Waals surface area contributed by atoms with Crippen molar-refractivity contribution in [2.24, 2.45) is 47.3 Å². The summed E-state index contributed by atoms with van der Waals surface area (Å²) >= 11 is 0. The topological polar surface area (TPSA) is 59.1 Å². The van der Waals surface area contributed by atoms with Gasteiger partial charge in [-0.15, -0.1) is 0 Å². The van der Waals surface area contributed by atoms with Crippen molar-refractivity contribution in [3.05, 3.63) is 0 Å². The fraction of sp³-hybridized carbons (Fsp3) is 0.963. The maximum Gasteiger partial charge on any atom is 0.305 e. The molecule has 0 fully saturated rings. The van der Waals surface area contributed by atoms with Crippen molar-refractivity contribution in [3.63, 3.8) is 0 Å². The Hall–Kier alpha value is -1.14. The number of esters is 2. The van der Waals surface area contributed by atoms with Gasteiger partial charge < -0.3 is 19.3 Å². The minimum absolute atomic E-state index is 0.0675. The molecule has 0 aromatic heterocycles. The minimum atomic E-state index is -0.0675. The second kappa shape index (κ2) is 39.5. The molecule has 0 amide bonds. The van der Waals surface area contributed by atoms with Gasteiger partial charge in [0.05, 0.1) is 13.2 Å². The lowest BCUT2D eigenvalue weighted by Gasteiger charge is -2.22. The molecule has 0 rings (SSSR count). The second-order valence-corrected chi connectivity index (χ2v) is 21.6. The molecule has 0 aliphatic rings. The predicted molar refractivity (Wildman–Crippen MR) is 262 cm³/mol. The molecule has 0 spiro atoms. The first-order valence-electron chi connectivity index (χ1n) is 26.2. The number of carbonyl (C=O) groups is 2. The SMILES string of the molecule is CC(C)CCCC(C)CCCC(C)CCCC(C)CCOC(=O)CCCN(CCCCN(C)C)CCCC(=O)OCCC(C)CCCC(C)CCCC(C)CCCC(C)C. The smallest absolute Gasteiger partial charge is 0.305 e. The van der Waals surface area contributed by atoms with E-state index in [1.165, 1.54) is 116 Å². The molecule has 0 aliphatic carbocycles. The maximum atomic E-state index is 12.6. The van der Waals surface area contributed by atoms with Gasteiger partial charge in [-0.1, -0.05) is 185 Å². The van der Waals surface area contributed by atoms with E-state index in [0.717, 1.165) is 100 Å². The molecular formula is C54H108N2O4. The Morgan fingerprint density at radius 3 is 0.917 bits per heavy atom. The third kappa shape index (κ3) is 40.9. The van der Waals surface area contributed by atoms with E-state index in [9.17, 15) is 9.59 Å². The minimum Gasteiger partial charge on any atom is -0.466 e. The van der Waals surface area contributed by atoms with Crippen LogP contribution in [0.2, 0.25) is 0 Å². The highest BCUT2D eigenvalue weighted by Crippen LogP contribution is 2.24. The summed E-state index contributed by atoms with van der Waals surface area (Å²) in [5, 5.41) is 0. The van der Waals surface area contributed by atoms with Gasteiger partial charge in [0.2, 0.25) is 0 Å². The van der Waals surface area contributed by atoms with Crippen molar-refractivity contribution in [1.29, 1.82) is 0 Å². The van der Waals surface area contributed by atoms with E-state index in [1.807, 2.05) is 0 Å². The zero-order valence-corrected chi connectivity index (χ0v) is 42.8. The average Bonchev–Trinajstić information content (AvgIpc) is 3.16. The lowest BCUT2D eigenvalue weighted by atomic mass is 9.91. The number of carbonyl (C=O) groups excluding carboxylic acids is 2. The summed E-state index contributed by atoms with van der Waals surface area (Å²) in [6, 6.07) is 0. The van der Waals surface area contributed by atoms with Crippen molar-refractivity contribution in [3.8, 4) is 0 Å². The number of unbranched alkanes of at least 4 members (excludes halogenated alkanes) is 1. The van der Waals surface area contributed by atoms with E-state index in [1.54, 1.807) is 0 Å². The van der Waals surface area contributed by atoms with Gasteiger partial charge in [0.25, 0.3) is 0 Å². The van der Waals surface area contributed by atoms with Crippen LogP contribution in [0.4, 0.5) is 0 Å². The Labute approximate surface area is 376 Å². The van der Waals surface area contributed by atoms with Crippen molar-refractivity contribution in [2.75, 3.05) is 53.5 Å². The van der Waals surface area contributed by atoms with Crippen LogP contribution in [0.25, 0.3) is 0 Å². The summed E-state index contributed by atoms with van der Waals surface area (Å²) in [6.07, 6.45) is 30.9. The summed E-state index contributed by atoms with van der Waals surface area (Å²) < 4.78 is 11.3. The molecular weight excluding hydrogens is 741 g/mol. The van der Waals surface area contributed by atoms with Gasteiger partial charge in [0.1, 0.15) is 0 Å². The van der Waals surface area contributed by atoms with E-state index in [0.29, 0.717) is 37.9 Å². The summed E-state index contributed by atoms with van der Waals surface area (Å²) in [4.78, 5) is 29.9. The molecule has 6 nitrogen and oxygen atoms in total. The normalized spacial score (nSPS) is 15.1. The zero-order valence-electron chi connectivity index (χ0n) is 42.8. The van der Waals surface area contributed by atoms with Gasteiger partial charge in [-0.25, -0.2) is 0 Å². The molecule has 0 N–H and O–H groups in total. The number of ether oxygens (including phenoxy) is 2. The molecule has 0 bridgehead atoms. The van der Waals surface area contributed by atoms with Crippen LogP contribution in [-0.2, 0) is 19.1 Å². The van der Waals surface area contributed by atoms with Crippen LogP contribution < -0.4 is 0 Å². The molecule has 6 heteroatoms. The van der Waals surface area contributed by atoms with E-state index in [4.69, 9.17) is 9.47 Å². The van der Waals surface area contributed by atoms with Crippen LogP contribution >= 0.6 is 0 Å². The number of hydrogen-bond donors (Lipinski definition) is 0. The molecule has 0 radical (unpaired) electrons. The van der Waals surface area contributed by atoms with Crippen LogP contribution in [-0.4, -0.2) is 75.2 Å². The molecule has 0 heterocycles. The van der Waals surface area contributed by atoms with Gasteiger partial charge in [-0.05, 0) is 126 Å². The van der Waals surface area contributed by atoms with Gasteiger partial charge in [0, 0.05) is 12.8 Å². The van der Waals surface area contributed by atoms with Gasteiger partial charge in [0.15, 0.2) is 0 Å². The van der Waals surface area contributed by atoms with E-state index < -0.39 is 0 Å². The Kier molecular flexibility index (Phi) is 38.7. The quantitative estimate of drug-likeness (QED) is 0.0450. The number of nitrogens with zero attached hydrogens (tertiary/aromatic N) is 2. The fourth-order valence-corrected chi connectivity index (χ4v) is 8.76. The Morgan fingerprint density at radius 2 is 0.617 bits per heavy atom. The molecule has 6 atom stereocenters. The predicted octanol–water partition coefficient (Wildman–Crippen LogP) is 15.2. The van der Waals surface area contributed by atoms with E-state index in [2.05, 4.69) is 93.1 Å². The fourth-order valence-electron chi connectivity index (χ4n) is 8.76. The van der Waals surface area contributed by atoms with Crippen LogP contribution in [0.1, 0.15) is 236 Å². The molecule has 6 unspecified atom stereocenters. The monoisotopic (exact) mass is 849 g/mol. The van der Waals surface area contributed by atoms with Crippen molar-refractivity contribution in [2.45, 2.75) is 236 Å². The first-order valence-corrected chi connectivity index (χ1v) is 26.2. The molecule has 0 saturated heterocycles. The Bertz CT molecular complexity index is 901. The Morgan fingerprint density at radius 1 is 0.350 bits per heavy atom. The van der Waals surface area contributed by atoms with E-state index in [-0.39, 0.29) is 11.9 Å². The third-order valence-corrected chi connectivity index (χ3v) is 13.3. The highest BCUT2D eigenvalue weighted by atomic mass is 16.5. The average molecular weight is 849 g/mol. The molecule has 60 heavy (non-hydrogen) atoms. The maximum absolute atomic E-state index is 12.6. The third-order valence-electron chi connectivity index (χ3n) is 13.3. The van der Waals surface area contributed by atoms with Gasteiger partial charge in [-0.3, -0.25) is 9.59 Å². The second-order valence-electron chi connectivity index (χ2n) is 21.6. The zero-order chi connectivity index (χ0) is 45.0. The number of rotatable bonds is 43. The van der Waals surface area contributed by atoms with Crippen molar-refractivity contribution >= 4 is 11.9 Å². The summed E-state index contributed by atoms with van der Waals surface area (Å²) in [6.45, 7) is 28.6. The van der Waals surface area contributed by atoms with Crippen LogP contribution in [0, 0.1) is 47.3 Å². The first-order chi connectivity index (χ1) is 28.6. The standard InChI is InChI=1S/C54H108N2O4/c1-45(2)23-15-25-47(5)27-17-29-49(7)31-19-33-51(9)37-43-59-53(57)35-21-41-56(40-14-13-39-55(11)12)42-22-36-54(58)60-44-38-52(10)34-20-32-50(8)30-18-28-48(6)26-16-24-46(3)4/h45-52H,13-44H2,1-12H3. The molecule has 0 aromatic rings. The van der Waals surface area contributed by atoms with Crippen LogP contribution in [0.15, 0.2) is 0 Å². The molecule has 0 aliphatic heterocycles. The lowest BCUT2D eigenvalue weighted by Crippen LogP contribution is -2.29. The highest BCUT2D eigenvalue weighted by Gasteiger charge is 2.14. The largest absolute Gasteiger partial charge is 0.466 e. The van der Waals surface area contributed by atoms with Crippen molar-refractivity contribution in [1.82, 2.24) is 9.80 Å². The first kappa shape index (κ1) is 58.9. The van der Waals surface area contributed by atoms with Crippen LogP contribution in [0.3, 0.4) is 0 Å².